The predicted octanol–water partition coefficient (Wildman–Crippen LogP) is 5.73. The monoisotopic (exact) mass is 402 g/mol. The minimum Gasteiger partial charge on any atom is -0.489 e. The van der Waals surface area contributed by atoms with Crippen molar-refractivity contribution in [1.82, 2.24) is 0 Å². The molecule has 0 aromatic heterocycles. The fraction of sp³-hybridized carbons (Fsp3) is 0.0833. The zero-order valence-corrected chi connectivity index (χ0v) is 16.6. The molecule has 0 aliphatic carbocycles. The highest BCUT2D eigenvalue weighted by Gasteiger charge is 2.28. The van der Waals surface area contributed by atoms with Gasteiger partial charge in [0, 0.05) is 5.02 Å². The van der Waals surface area contributed by atoms with Crippen LogP contribution in [-0.4, -0.2) is 11.6 Å². The Morgan fingerprint density at radius 1 is 0.966 bits per heavy atom. The minimum atomic E-state index is -0.158. The van der Waals surface area contributed by atoms with E-state index in [2.05, 4.69) is 5.10 Å². The highest BCUT2D eigenvalue weighted by Crippen LogP contribution is 2.26. The minimum absolute atomic E-state index is 0.158. The normalized spacial score (nSPS) is 15.0. The lowest BCUT2D eigenvalue weighted by Gasteiger charge is -2.11. The van der Waals surface area contributed by atoms with Crippen molar-refractivity contribution in [3.8, 4) is 5.75 Å². The van der Waals surface area contributed by atoms with Crippen LogP contribution in [0.2, 0.25) is 5.02 Å². The molecule has 1 heterocycles. The molecule has 0 radical (unpaired) electrons. The van der Waals surface area contributed by atoms with Crippen molar-refractivity contribution in [3.63, 3.8) is 0 Å². The highest BCUT2D eigenvalue weighted by molar-refractivity contribution is 6.32. The van der Waals surface area contributed by atoms with Gasteiger partial charge in [0.25, 0.3) is 5.91 Å². The summed E-state index contributed by atoms with van der Waals surface area (Å²) in [5.41, 5.74) is 3.95. The van der Waals surface area contributed by atoms with Crippen LogP contribution in [0.25, 0.3) is 6.08 Å². The van der Waals surface area contributed by atoms with E-state index in [4.69, 9.17) is 16.3 Å². The molecule has 4 nitrogen and oxygen atoms in total. The lowest BCUT2D eigenvalue weighted by atomic mass is 10.1. The van der Waals surface area contributed by atoms with Gasteiger partial charge in [0.15, 0.2) is 0 Å². The van der Waals surface area contributed by atoms with Crippen LogP contribution in [0.5, 0.6) is 5.75 Å². The van der Waals surface area contributed by atoms with E-state index in [1.54, 1.807) is 24.3 Å². The second-order valence-electron chi connectivity index (χ2n) is 6.68. The lowest BCUT2D eigenvalue weighted by molar-refractivity contribution is -0.114. The van der Waals surface area contributed by atoms with E-state index in [-0.39, 0.29) is 5.91 Å². The average molecular weight is 403 g/mol. The number of halogens is 1. The van der Waals surface area contributed by atoms with Crippen molar-refractivity contribution in [2.45, 2.75) is 13.5 Å². The molecule has 3 aromatic carbocycles. The van der Waals surface area contributed by atoms with Crippen molar-refractivity contribution in [3.05, 3.63) is 101 Å². The van der Waals surface area contributed by atoms with Gasteiger partial charge in [-0.25, -0.2) is 0 Å². The number of anilines is 1. The first-order valence-corrected chi connectivity index (χ1v) is 9.62. The molecule has 1 amide bonds. The number of benzene rings is 3. The quantitative estimate of drug-likeness (QED) is 0.512. The maximum absolute atomic E-state index is 12.8. The maximum atomic E-state index is 12.8. The first kappa shape index (κ1) is 19.0. The Kier molecular flexibility index (Phi) is 5.45. The number of hydrogen-bond donors (Lipinski definition) is 0. The Morgan fingerprint density at radius 2 is 1.66 bits per heavy atom. The molecule has 1 aliphatic heterocycles. The smallest absolute Gasteiger partial charge is 0.280 e. The Balaban J connectivity index is 1.47. The third-order valence-electron chi connectivity index (χ3n) is 4.57. The first-order valence-electron chi connectivity index (χ1n) is 9.24. The van der Waals surface area contributed by atoms with Gasteiger partial charge in [0.05, 0.1) is 17.0 Å². The molecule has 0 unspecified atom stereocenters. The van der Waals surface area contributed by atoms with Crippen LogP contribution < -0.4 is 9.75 Å². The van der Waals surface area contributed by atoms with E-state index in [0.29, 0.717) is 28.6 Å². The SMILES string of the molecule is CC1=NN(c2ccc(Cl)cc2)C(=O)/C1=C\c1ccc(OCc2ccccc2)cc1. The topological polar surface area (TPSA) is 41.9 Å². The van der Waals surface area contributed by atoms with E-state index in [1.807, 2.05) is 67.6 Å². The van der Waals surface area contributed by atoms with E-state index in [9.17, 15) is 4.79 Å². The molecule has 0 spiro atoms. The number of carbonyl (C=O) groups is 1. The van der Waals surface area contributed by atoms with E-state index < -0.39 is 0 Å². The number of amides is 1. The molecule has 144 valence electrons. The number of hydrazone groups is 1. The summed E-state index contributed by atoms with van der Waals surface area (Å²) in [6.45, 7) is 2.35. The lowest BCUT2D eigenvalue weighted by Crippen LogP contribution is -2.21. The molecule has 0 saturated heterocycles. The largest absolute Gasteiger partial charge is 0.489 e. The van der Waals surface area contributed by atoms with Gasteiger partial charge >= 0.3 is 0 Å². The Labute approximate surface area is 174 Å². The number of hydrogen-bond acceptors (Lipinski definition) is 3. The number of carbonyl (C=O) groups excluding carboxylic acids is 1. The summed E-state index contributed by atoms with van der Waals surface area (Å²) in [6, 6.07) is 24.7. The standard InChI is InChI=1S/C24H19ClN2O2/c1-17-23(24(28)27(26-17)21-11-9-20(25)10-12-21)15-18-7-13-22(14-8-18)29-16-19-5-3-2-4-6-19/h2-15H,16H2,1H3/b23-15-. The fourth-order valence-electron chi connectivity index (χ4n) is 3.01. The molecule has 0 fully saturated rings. The summed E-state index contributed by atoms with van der Waals surface area (Å²) in [5.74, 6) is 0.621. The molecule has 0 atom stereocenters. The Morgan fingerprint density at radius 3 is 2.34 bits per heavy atom. The van der Waals surface area contributed by atoms with Crippen LogP contribution >= 0.6 is 11.6 Å². The van der Waals surface area contributed by atoms with E-state index >= 15 is 0 Å². The van der Waals surface area contributed by atoms with Gasteiger partial charge < -0.3 is 4.74 Å². The first-order chi connectivity index (χ1) is 14.1. The van der Waals surface area contributed by atoms with Crippen LogP contribution in [0.3, 0.4) is 0 Å². The van der Waals surface area contributed by atoms with Gasteiger partial charge in [-0.2, -0.15) is 10.1 Å². The second kappa shape index (κ2) is 8.33. The van der Waals surface area contributed by atoms with Crippen molar-refractivity contribution >= 4 is 35.0 Å². The van der Waals surface area contributed by atoms with Gasteiger partial charge in [-0.1, -0.05) is 54.1 Å². The van der Waals surface area contributed by atoms with Crippen LogP contribution in [0.15, 0.2) is 89.5 Å². The molecular formula is C24H19ClN2O2. The number of nitrogens with zero attached hydrogens (tertiary/aromatic N) is 2. The Bertz CT molecular complexity index is 1070. The molecule has 4 rings (SSSR count). The zero-order chi connectivity index (χ0) is 20.2. The van der Waals surface area contributed by atoms with Gasteiger partial charge in [0.1, 0.15) is 12.4 Å². The summed E-state index contributed by atoms with van der Waals surface area (Å²) in [6.07, 6.45) is 1.85. The fourth-order valence-corrected chi connectivity index (χ4v) is 3.14. The predicted molar refractivity (Wildman–Crippen MR) is 117 cm³/mol. The molecule has 1 aliphatic rings. The van der Waals surface area contributed by atoms with E-state index in [1.165, 1.54) is 5.01 Å². The number of rotatable bonds is 5. The van der Waals surface area contributed by atoms with Crippen LogP contribution in [0.1, 0.15) is 18.1 Å². The molecule has 3 aromatic rings. The molecule has 5 heteroatoms. The van der Waals surface area contributed by atoms with Crippen molar-refractivity contribution in [2.75, 3.05) is 5.01 Å². The molecule has 0 N–H and O–H groups in total. The molecule has 29 heavy (non-hydrogen) atoms. The third kappa shape index (κ3) is 4.39. The van der Waals surface area contributed by atoms with Crippen LogP contribution in [-0.2, 0) is 11.4 Å². The van der Waals surface area contributed by atoms with Gasteiger partial charge in [-0.3, -0.25) is 4.79 Å². The van der Waals surface area contributed by atoms with Gasteiger partial charge in [0.2, 0.25) is 0 Å². The Hall–Kier alpha value is -3.37. The second-order valence-corrected chi connectivity index (χ2v) is 7.12. The summed E-state index contributed by atoms with van der Waals surface area (Å²) in [4.78, 5) is 12.8. The molecular weight excluding hydrogens is 384 g/mol. The van der Waals surface area contributed by atoms with E-state index in [0.717, 1.165) is 16.9 Å². The van der Waals surface area contributed by atoms with Crippen LogP contribution in [0, 0.1) is 0 Å². The summed E-state index contributed by atoms with van der Waals surface area (Å²) >= 11 is 5.93. The molecule has 0 bridgehead atoms. The van der Waals surface area contributed by atoms with Gasteiger partial charge in [-0.15, -0.1) is 0 Å². The average Bonchev–Trinajstić information content (AvgIpc) is 3.03. The van der Waals surface area contributed by atoms with Gasteiger partial charge in [-0.05, 0) is 60.5 Å². The number of ether oxygens (including phenoxy) is 1. The third-order valence-corrected chi connectivity index (χ3v) is 4.83. The zero-order valence-electron chi connectivity index (χ0n) is 15.9. The van der Waals surface area contributed by atoms with Crippen molar-refractivity contribution in [2.24, 2.45) is 5.10 Å². The van der Waals surface area contributed by atoms with Crippen molar-refractivity contribution < 1.29 is 9.53 Å². The van der Waals surface area contributed by atoms with Crippen LogP contribution in [0.4, 0.5) is 5.69 Å². The molecule has 0 saturated carbocycles. The summed E-state index contributed by atoms with van der Waals surface area (Å²) in [7, 11) is 0. The van der Waals surface area contributed by atoms with Crippen molar-refractivity contribution in [1.29, 1.82) is 0 Å². The summed E-state index contributed by atoms with van der Waals surface area (Å²) in [5, 5.41) is 6.41. The summed E-state index contributed by atoms with van der Waals surface area (Å²) < 4.78 is 5.81. The highest BCUT2D eigenvalue weighted by atomic mass is 35.5. The maximum Gasteiger partial charge on any atom is 0.280 e.